The summed E-state index contributed by atoms with van der Waals surface area (Å²) < 4.78 is 5.24. The summed E-state index contributed by atoms with van der Waals surface area (Å²) in [5.41, 5.74) is 8.75. The number of guanidine groups is 1. The minimum atomic E-state index is -0.0651. The summed E-state index contributed by atoms with van der Waals surface area (Å²) in [7, 11) is 1.59. The van der Waals surface area contributed by atoms with E-state index < -0.39 is 0 Å². The van der Waals surface area contributed by atoms with Crippen LogP contribution in [0.2, 0.25) is 0 Å². The first-order valence-electron chi connectivity index (χ1n) is 7.77. The molecule has 3 rings (SSSR count). The van der Waals surface area contributed by atoms with E-state index in [1.807, 2.05) is 48.5 Å². The highest BCUT2D eigenvalue weighted by molar-refractivity contribution is 5.99. The lowest BCUT2D eigenvalue weighted by atomic mass is 10.2. The van der Waals surface area contributed by atoms with Gasteiger partial charge >= 0.3 is 0 Å². The van der Waals surface area contributed by atoms with Gasteiger partial charge in [-0.25, -0.2) is 4.99 Å². The maximum absolute atomic E-state index is 12.4. The van der Waals surface area contributed by atoms with Crippen molar-refractivity contribution >= 4 is 23.2 Å². The van der Waals surface area contributed by atoms with E-state index in [4.69, 9.17) is 10.5 Å². The van der Waals surface area contributed by atoms with Crippen molar-refractivity contribution in [2.45, 2.75) is 6.42 Å². The van der Waals surface area contributed by atoms with Crippen LogP contribution in [0.25, 0.3) is 0 Å². The molecule has 1 aliphatic rings. The van der Waals surface area contributed by atoms with Crippen molar-refractivity contribution in [3.63, 3.8) is 0 Å². The number of hydrogen-bond donors (Lipinski definition) is 2. The van der Waals surface area contributed by atoms with Crippen LogP contribution in [0.5, 0.6) is 5.75 Å². The van der Waals surface area contributed by atoms with Gasteiger partial charge in [-0.15, -0.1) is 0 Å². The quantitative estimate of drug-likeness (QED) is 0.666. The van der Waals surface area contributed by atoms with E-state index in [0.29, 0.717) is 18.0 Å². The normalized spacial score (nSPS) is 13.5. The Hall–Kier alpha value is -3.02. The summed E-state index contributed by atoms with van der Waals surface area (Å²) >= 11 is 0. The van der Waals surface area contributed by atoms with Crippen LogP contribution in [0.4, 0.5) is 11.4 Å². The van der Waals surface area contributed by atoms with Crippen molar-refractivity contribution in [1.82, 2.24) is 0 Å². The molecule has 6 heteroatoms. The zero-order valence-corrected chi connectivity index (χ0v) is 13.5. The van der Waals surface area contributed by atoms with Crippen LogP contribution in [-0.2, 0) is 11.2 Å². The average molecular weight is 324 g/mol. The van der Waals surface area contributed by atoms with Crippen LogP contribution in [0.1, 0.15) is 5.56 Å². The van der Waals surface area contributed by atoms with E-state index >= 15 is 0 Å². The third-order valence-corrected chi connectivity index (χ3v) is 3.94. The largest absolute Gasteiger partial charge is 0.495 e. The van der Waals surface area contributed by atoms with Crippen LogP contribution in [0, 0.1) is 0 Å². The number of fused-ring (bicyclic) bond motifs is 1. The molecule has 0 bridgehead atoms. The Balaban J connectivity index is 1.64. The van der Waals surface area contributed by atoms with Crippen LogP contribution >= 0.6 is 0 Å². The smallest absolute Gasteiger partial charge is 0.248 e. The number of ether oxygens (including phenoxy) is 1. The molecule has 1 aliphatic heterocycles. The maximum atomic E-state index is 12.4. The molecule has 124 valence electrons. The number of anilines is 2. The van der Waals surface area contributed by atoms with E-state index in [2.05, 4.69) is 10.3 Å². The van der Waals surface area contributed by atoms with E-state index in [-0.39, 0.29) is 18.4 Å². The number of carbonyl (C=O) groups excluding carboxylic acids is 1. The molecule has 6 nitrogen and oxygen atoms in total. The summed E-state index contributed by atoms with van der Waals surface area (Å²) in [5, 5.41) is 2.96. The van der Waals surface area contributed by atoms with Gasteiger partial charge in [-0.3, -0.25) is 4.79 Å². The molecule has 0 saturated heterocycles. The molecule has 24 heavy (non-hydrogen) atoms. The number of aliphatic imine (C=N–C) groups is 1. The number of benzene rings is 2. The highest BCUT2D eigenvalue weighted by Gasteiger charge is 2.23. The molecular weight excluding hydrogens is 304 g/mol. The Morgan fingerprint density at radius 2 is 2.00 bits per heavy atom. The molecule has 0 aromatic heterocycles. The minimum Gasteiger partial charge on any atom is -0.495 e. The van der Waals surface area contributed by atoms with E-state index in [1.165, 1.54) is 5.56 Å². The molecule has 1 amide bonds. The van der Waals surface area contributed by atoms with Crippen LogP contribution in [0.15, 0.2) is 53.5 Å². The molecule has 0 aliphatic carbocycles. The van der Waals surface area contributed by atoms with Gasteiger partial charge < -0.3 is 20.7 Å². The van der Waals surface area contributed by atoms with Gasteiger partial charge in [-0.2, -0.15) is 0 Å². The number of para-hydroxylation sites is 3. The first-order chi connectivity index (χ1) is 11.7. The van der Waals surface area contributed by atoms with Crippen molar-refractivity contribution in [3.05, 3.63) is 54.1 Å². The van der Waals surface area contributed by atoms with E-state index in [9.17, 15) is 4.79 Å². The van der Waals surface area contributed by atoms with Crippen molar-refractivity contribution in [3.8, 4) is 5.75 Å². The third-order valence-electron chi connectivity index (χ3n) is 3.94. The fraction of sp³-hybridized carbons (Fsp3) is 0.222. The molecule has 0 radical (unpaired) electrons. The van der Waals surface area contributed by atoms with Crippen LogP contribution in [0.3, 0.4) is 0 Å². The average Bonchev–Trinajstić information content (AvgIpc) is 3.04. The zero-order chi connectivity index (χ0) is 16.9. The number of nitrogens with one attached hydrogen (secondary N) is 1. The van der Waals surface area contributed by atoms with Crippen molar-refractivity contribution in [2.75, 3.05) is 30.4 Å². The van der Waals surface area contributed by atoms with Crippen molar-refractivity contribution < 1.29 is 9.53 Å². The maximum Gasteiger partial charge on any atom is 0.248 e. The Morgan fingerprint density at radius 3 is 2.83 bits per heavy atom. The van der Waals surface area contributed by atoms with Gasteiger partial charge in [-0.1, -0.05) is 30.3 Å². The fourth-order valence-corrected chi connectivity index (χ4v) is 2.76. The predicted molar refractivity (Wildman–Crippen MR) is 95.6 cm³/mol. The monoisotopic (exact) mass is 324 g/mol. The number of nitrogens with two attached hydrogens (primary N) is 1. The number of carbonyl (C=O) groups is 1. The second kappa shape index (κ2) is 7.04. The fourth-order valence-electron chi connectivity index (χ4n) is 2.76. The van der Waals surface area contributed by atoms with Gasteiger partial charge in [0.25, 0.3) is 0 Å². The molecule has 2 aromatic rings. The number of methoxy groups -OCH3 is 1. The Morgan fingerprint density at radius 1 is 1.25 bits per heavy atom. The van der Waals surface area contributed by atoms with Gasteiger partial charge in [0.05, 0.1) is 12.8 Å². The molecule has 0 spiro atoms. The van der Waals surface area contributed by atoms with Crippen LogP contribution < -0.4 is 20.7 Å². The first kappa shape index (κ1) is 15.9. The summed E-state index contributed by atoms with van der Waals surface area (Å²) in [5.74, 6) is 0.778. The summed E-state index contributed by atoms with van der Waals surface area (Å²) in [6.07, 6.45) is 0.876. The van der Waals surface area contributed by atoms with Gasteiger partial charge in [0.15, 0.2) is 5.96 Å². The Labute approximate surface area is 140 Å². The van der Waals surface area contributed by atoms with Gasteiger partial charge in [0.1, 0.15) is 12.3 Å². The number of rotatable bonds is 4. The number of nitrogens with zero attached hydrogens (tertiary/aromatic N) is 2. The lowest BCUT2D eigenvalue weighted by Gasteiger charge is -2.16. The summed E-state index contributed by atoms with van der Waals surface area (Å²) in [4.78, 5) is 18.3. The molecule has 1 heterocycles. The molecule has 0 atom stereocenters. The minimum absolute atomic E-state index is 0.00230. The SMILES string of the molecule is COc1ccccc1NC(N)=NCC(=O)N1CCc2ccccc21. The zero-order valence-electron chi connectivity index (χ0n) is 13.5. The van der Waals surface area contributed by atoms with Crippen molar-refractivity contribution in [1.29, 1.82) is 0 Å². The highest BCUT2D eigenvalue weighted by atomic mass is 16.5. The third kappa shape index (κ3) is 3.32. The van der Waals surface area contributed by atoms with Gasteiger partial charge in [0.2, 0.25) is 5.91 Å². The van der Waals surface area contributed by atoms with Crippen molar-refractivity contribution in [2.24, 2.45) is 10.7 Å². The molecule has 0 unspecified atom stereocenters. The standard InChI is InChI=1S/C18H20N4O2/c1-24-16-9-5-3-7-14(16)21-18(19)20-12-17(23)22-11-10-13-6-2-4-8-15(13)22/h2-9H,10-12H2,1H3,(H3,19,20,21). The lowest BCUT2D eigenvalue weighted by molar-refractivity contribution is -0.117. The van der Waals surface area contributed by atoms with Gasteiger partial charge in [-0.05, 0) is 30.2 Å². The lowest BCUT2D eigenvalue weighted by Crippen LogP contribution is -2.32. The van der Waals surface area contributed by atoms with Gasteiger partial charge in [0, 0.05) is 12.2 Å². The second-order valence-electron chi connectivity index (χ2n) is 5.45. The molecule has 0 fully saturated rings. The highest BCUT2D eigenvalue weighted by Crippen LogP contribution is 2.27. The molecule has 0 saturated carbocycles. The molecule has 3 N–H and O–H groups in total. The topological polar surface area (TPSA) is 80.0 Å². The summed E-state index contributed by atoms with van der Waals surface area (Å²) in [6.45, 7) is 0.690. The first-order valence-corrected chi connectivity index (χ1v) is 7.77. The number of amides is 1. The van der Waals surface area contributed by atoms with E-state index in [1.54, 1.807) is 12.0 Å². The molecular formula is C18H20N4O2. The van der Waals surface area contributed by atoms with Crippen LogP contribution in [-0.4, -0.2) is 32.1 Å². The summed E-state index contributed by atoms with van der Waals surface area (Å²) in [6, 6.07) is 15.3. The van der Waals surface area contributed by atoms with E-state index in [0.717, 1.165) is 12.1 Å². The Kier molecular flexibility index (Phi) is 4.65. The second-order valence-corrected chi connectivity index (χ2v) is 5.45. The Bertz CT molecular complexity index is 773. The number of hydrogen-bond acceptors (Lipinski definition) is 3. The molecule has 2 aromatic carbocycles. The predicted octanol–water partition coefficient (Wildman–Crippen LogP) is 2.01.